The van der Waals surface area contributed by atoms with Crippen molar-refractivity contribution >= 4 is 5.91 Å². The third-order valence-corrected chi connectivity index (χ3v) is 2.19. The first-order valence-electron chi connectivity index (χ1n) is 4.96. The van der Waals surface area contributed by atoms with E-state index in [1.165, 1.54) is 6.26 Å². The first-order valence-corrected chi connectivity index (χ1v) is 4.96. The number of amides is 1. The molecule has 1 atom stereocenters. The standard InChI is InChI=1S/C12H15NO2/c1-4-6-11(5-2)13-12(14)10-7-9(3)15-8-10/h1,7-8,11H,5-6H2,2-3H3,(H,13,14). The minimum atomic E-state index is -0.131. The van der Waals surface area contributed by atoms with E-state index in [-0.39, 0.29) is 11.9 Å². The molecule has 3 nitrogen and oxygen atoms in total. The molecule has 1 rings (SSSR count). The van der Waals surface area contributed by atoms with Gasteiger partial charge in [0.25, 0.3) is 5.91 Å². The van der Waals surface area contributed by atoms with Crippen LogP contribution in [-0.4, -0.2) is 11.9 Å². The van der Waals surface area contributed by atoms with E-state index in [2.05, 4.69) is 11.2 Å². The van der Waals surface area contributed by atoms with Crippen LogP contribution in [0.1, 0.15) is 35.9 Å². The minimum Gasteiger partial charge on any atom is -0.469 e. The van der Waals surface area contributed by atoms with Crippen molar-refractivity contribution in [2.45, 2.75) is 32.7 Å². The summed E-state index contributed by atoms with van der Waals surface area (Å²) < 4.78 is 5.06. The zero-order valence-corrected chi connectivity index (χ0v) is 9.04. The number of hydrogen-bond acceptors (Lipinski definition) is 2. The van der Waals surface area contributed by atoms with Crippen molar-refractivity contribution in [1.29, 1.82) is 0 Å². The molecule has 1 unspecified atom stereocenters. The highest BCUT2D eigenvalue weighted by atomic mass is 16.3. The number of furan rings is 1. The first-order chi connectivity index (χ1) is 7.17. The van der Waals surface area contributed by atoms with Gasteiger partial charge in [0.15, 0.2) is 0 Å². The molecule has 80 valence electrons. The van der Waals surface area contributed by atoms with Gasteiger partial charge in [0.1, 0.15) is 12.0 Å². The summed E-state index contributed by atoms with van der Waals surface area (Å²) in [5.41, 5.74) is 0.544. The third kappa shape index (κ3) is 3.17. The molecule has 0 spiro atoms. The molecule has 1 aromatic heterocycles. The van der Waals surface area contributed by atoms with Gasteiger partial charge in [-0.05, 0) is 19.4 Å². The smallest absolute Gasteiger partial charge is 0.254 e. The Balaban J connectivity index is 2.59. The Kier molecular flexibility index (Phi) is 3.99. The lowest BCUT2D eigenvalue weighted by Crippen LogP contribution is -2.33. The van der Waals surface area contributed by atoms with E-state index in [1.54, 1.807) is 13.0 Å². The third-order valence-electron chi connectivity index (χ3n) is 2.19. The Bertz CT molecular complexity index is 373. The minimum absolute atomic E-state index is 0.0395. The fraction of sp³-hybridized carbons (Fsp3) is 0.417. The van der Waals surface area contributed by atoms with Crippen LogP contribution in [0.15, 0.2) is 16.7 Å². The van der Waals surface area contributed by atoms with Crippen LogP contribution in [0.5, 0.6) is 0 Å². The molecule has 1 aromatic rings. The van der Waals surface area contributed by atoms with Crippen molar-refractivity contribution in [3.8, 4) is 12.3 Å². The summed E-state index contributed by atoms with van der Waals surface area (Å²) in [7, 11) is 0. The highest BCUT2D eigenvalue weighted by Crippen LogP contribution is 2.07. The van der Waals surface area contributed by atoms with E-state index >= 15 is 0 Å². The first kappa shape index (κ1) is 11.4. The number of aryl methyl sites for hydroxylation is 1. The van der Waals surface area contributed by atoms with Crippen molar-refractivity contribution in [1.82, 2.24) is 5.32 Å². The summed E-state index contributed by atoms with van der Waals surface area (Å²) in [6.07, 6.45) is 8.04. The van der Waals surface area contributed by atoms with Crippen molar-refractivity contribution in [3.05, 3.63) is 23.7 Å². The Morgan fingerprint density at radius 1 is 1.73 bits per heavy atom. The lowest BCUT2D eigenvalue weighted by Gasteiger charge is -2.12. The zero-order chi connectivity index (χ0) is 11.3. The van der Waals surface area contributed by atoms with Gasteiger partial charge in [-0.1, -0.05) is 6.92 Å². The predicted octanol–water partition coefficient (Wildman–Crippen LogP) is 2.12. The monoisotopic (exact) mass is 205 g/mol. The number of carbonyl (C=O) groups is 1. The van der Waals surface area contributed by atoms with Crippen LogP contribution < -0.4 is 5.32 Å². The number of rotatable bonds is 4. The molecule has 0 radical (unpaired) electrons. The molecule has 0 saturated carbocycles. The highest BCUT2D eigenvalue weighted by molar-refractivity contribution is 5.94. The average Bonchev–Trinajstić information content (AvgIpc) is 2.64. The lowest BCUT2D eigenvalue weighted by molar-refractivity contribution is 0.0936. The van der Waals surface area contributed by atoms with E-state index in [4.69, 9.17) is 10.8 Å². The molecule has 0 aliphatic heterocycles. The Morgan fingerprint density at radius 3 is 2.93 bits per heavy atom. The summed E-state index contributed by atoms with van der Waals surface area (Å²) >= 11 is 0. The molecule has 0 aromatic carbocycles. The van der Waals surface area contributed by atoms with Gasteiger partial charge in [-0.2, -0.15) is 0 Å². The van der Waals surface area contributed by atoms with Crippen LogP contribution in [0.3, 0.4) is 0 Å². The summed E-state index contributed by atoms with van der Waals surface area (Å²) in [4.78, 5) is 11.7. The maximum Gasteiger partial charge on any atom is 0.254 e. The van der Waals surface area contributed by atoms with Gasteiger partial charge >= 0.3 is 0 Å². The Morgan fingerprint density at radius 2 is 2.47 bits per heavy atom. The Hall–Kier alpha value is -1.69. The summed E-state index contributed by atoms with van der Waals surface area (Å²) in [5, 5.41) is 2.86. The SMILES string of the molecule is C#CCC(CC)NC(=O)c1coc(C)c1. The van der Waals surface area contributed by atoms with Crippen LogP contribution in [0.25, 0.3) is 0 Å². The fourth-order valence-electron chi connectivity index (χ4n) is 1.27. The topological polar surface area (TPSA) is 42.2 Å². The summed E-state index contributed by atoms with van der Waals surface area (Å²) in [6.45, 7) is 3.79. The number of terminal acetylenes is 1. The maximum absolute atomic E-state index is 11.7. The molecule has 3 heteroatoms. The number of hydrogen-bond donors (Lipinski definition) is 1. The van der Waals surface area contributed by atoms with Gasteiger partial charge in [0, 0.05) is 12.5 Å². The van der Waals surface area contributed by atoms with Crippen LogP contribution >= 0.6 is 0 Å². The molecule has 1 heterocycles. The molecule has 0 aliphatic rings. The predicted molar refractivity (Wildman–Crippen MR) is 58.4 cm³/mol. The van der Waals surface area contributed by atoms with Gasteiger partial charge in [-0.3, -0.25) is 4.79 Å². The molecular formula is C12H15NO2. The summed E-state index contributed by atoms with van der Waals surface area (Å²) in [6, 6.07) is 1.75. The van der Waals surface area contributed by atoms with Crippen molar-refractivity contribution in [2.24, 2.45) is 0 Å². The largest absolute Gasteiger partial charge is 0.469 e. The number of carbonyl (C=O) groups excluding carboxylic acids is 1. The van der Waals surface area contributed by atoms with E-state index in [9.17, 15) is 4.79 Å². The Labute approximate surface area is 89.9 Å². The quantitative estimate of drug-likeness (QED) is 0.765. The van der Waals surface area contributed by atoms with E-state index in [1.807, 2.05) is 6.92 Å². The van der Waals surface area contributed by atoms with E-state index < -0.39 is 0 Å². The van der Waals surface area contributed by atoms with Crippen molar-refractivity contribution in [3.63, 3.8) is 0 Å². The normalized spacial score (nSPS) is 11.8. The van der Waals surface area contributed by atoms with Gasteiger partial charge in [0.2, 0.25) is 0 Å². The van der Waals surface area contributed by atoms with Crippen LogP contribution in [0.4, 0.5) is 0 Å². The van der Waals surface area contributed by atoms with E-state index in [0.29, 0.717) is 12.0 Å². The van der Waals surface area contributed by atoms with Crippen LogP contribution in [0, 0.1) is 19.3 Å². The van der Waals surface area contributed by atoms with E-state index in [0.717, 1.165) is 12.2 Å². The maximum atomic E-state index is 11.7. The molecule has 0 bridgehead atoms. The fourth-order valence-corrected chi connectivity index (χ4v) is 1.27. The lowest BCUT2D eigenvalue weighted by atomic mass is 10.1. The molecule has 0 fully saturated rings. The molecule has 0 saturated heterocycles. The van der Waals surface area contributed by atoms with Gasteiger partial charge < -0.3 is 9.73 Å². The highest BCUT2D eigenvalue weighted by Gasteiger charge is 2.12. The summed E-state index contributed by atoms with van der Waals surface area (Å²) in [5.74, 6) is 3.14. The van der Waals surface area contributed by atoms with Crippen LogP contribution in [0.2, 0.25) is 0 Å². The molecule has 0 aliphatic carbocycles. The van der Waals surface area contributed by atoms with Gasteiger partial charge in [-0.15, -0.1) is 12.3 Å². The zero-order valence-electron chi connectivity index (χ0n) is 9.04. The number of nitrogens with one attached hydrogen (secondary N) is 1. The van der Waals surface area contributed by atoms with Crippen LogP contribution in [-0.2, 0) is 0 Å². The van der Waals surface area contributed by atoms with Gasteiger partial charge in [0.05, 0.1) is 5.56 Å². The van der Waals surface area contributed by atoms with Gasteiger partial charge in [-0.25, -0.2) is 0 Å². The van der Waals surface area contributed by atoms with Crippen molar-refractivity contribution < 1.29 is 9.21 Å². The molecular weight excluding hydrogens is 190 g/mol. The molecule has 1 amide bonds. The second-order valence-electron chi connectivity index (χ2n) is 3.43. The van der Waals surface area contributed by atoms with Crippen molar-refractivity contribution in [2.75, 3.05) is 0 Å². The second kappa shape index (κ2) is 5.26. The molecule has 15 heavy (non-hydrogen) atoms. The second-order valence-corrected chi connectivity index (χ2v) is 3.43. The average molecular weight is 205 g/mol. The molecule has 1 N–H and O–H groups in total.